The SMILES string of the molecule is CC(C)NC1CCN(c2c(Br)cc(Cl)cc2Br)C1. The van der Waals surface area contributed by atoms with Gasteiger partial charge in [0.15, 0.2) is 0 Å². The topological polar surface area (TPSA) is 15.3 Å². The fourth-order valence-electron chi connectivity index (χ4n) is 2.41. The molecule has 1 saturated heterocycles. The van der Waals surface area contributed by atoms with Gasteiger partial charge in [-0.3, -0.25) is 0 Å². The molecule has 0 amide bonds. The van der Waals surface area contributed by atoms with Crippen LogP contribution in [0.25, 0.3) is 0 Å². The van der Waals surface area contributed by atoms with Gasteiger partial charge >= 0.3 is 0 Å². The van der Waals surface area contributed by atoms with Crippen LogP contribution in [0.4, 0.5) is 5.69 Å². The Labute approximate surface area is 130 Å². The van der Waals surface area contributed by atoms with E-state index in [9.17, 15) is 0 Å². The van der Waals surface area contributed by atoms with Crippen LogP contribution in [-0.4, -0.2) is 25.2 Å². The quantitative estimate of drug-likeness (QED) is 0.813. The Morgan fingerprint density at radius 2 is 1.94 bits per heavy atom. The highest BCUT2D eigenvalue weighted by atomic mass is 79.9. The second-order valence-electron chi connectivity index (χ2n) is 4.97. The highest BCUT2D eigenvalue weighted by molar-refractivity contribution is 9.11. The summed E-state index contributed by atoms with van der Waals surface area (Å²) in [5, 5.41) is 4.34. The van der Waals surface area contributed by atoms with Gasteiger partial charge in [-0.1, -0.05) is 25.4 Å². The molecule has 1 aliphatic rings. The molecule has 1 fully saturated rings. The van der Waals surface area contributed by atoms with Crippen molar-refractivity contribution in [1.82, 2.24) is 5.32 Å². The van der Waals surface area contributed by atoms with Crippen LogP contribution in [0, 0.1) is 0 Å². The van der Waals surface area contributed by atoms with E-state index in [1.54, 1.807) is 0 Å². The van der Waals surface area contributed by atoms with E-state index >= 15 is 0 Å². The third-order valence-electron chi connectivity index (χ3n) is 3.06. The zero-order valence-electron chi connectivity index (χ0n) is 10.5. The molecular formula is C13H17Br2ClN2. The molecule has 18 heavy (non-hydrogen) atoms. The number of nitrogens with one attached hydrogen (secondary N) is 1. The molecule has 2 rings (SSSR count). The van der Waals surface area contributed by atoms with Gasteiger partial charge in [-0.05, 0) is 50.4 Å². The number of halogens is 3. The largest absolute Gasteiger partial charge is 0.368 e. The lowest BCUT2D eigenvalue weighted by Crippen LogP contribution is -2.37. The Bertz CT molecular complexity index is 414. The Hall–Kier alpha value is 0.230. The molecule has 1 aromatic carbocycles. The highest BCUT2D eigenvalue weighted by Gasteiger charge is 2.25. The standard InChI is InChI=1S/C13H17Br2ClN2/c1-8(2)17-10-3-4-18(7-10)13-11(14)5-9(16)6-12(13)15/h5-6,8,10,17H,3-4,7H2,1-2H3. The summed E-state index contributed by atoms with van der Waals surface area (Å²) >= 11 is 13.2. The maximum Gasteiger partial charge on any atom is 0.0656 e. The molecule has 0 saturated carbocycles. The van der Waals surface area contributed by atoms with Gasteiger partial charge in [-0.25, -0.2) is 0 Å². The lowest BCUT2D eigenvalue weighted by atomic mass is 10.2. The molecule has 0 aliphatic carbocycles. The van der Waals surface area contributed by atoms with Crippen LogP contribution in [0.5, 0.6) is 0 Å². The first-order chi connectivity index (χ1) is 8.47. The van der Waals surface area contributed by atoms with E-state index < -0.39 is 0 Å². The number of hydrogen-bond donors (Lipinski definition) is 1. The molecule has 0 radical (unpaired) electrons. The molecule has 1 aliphatic heterocycles. The number of benzene rings is 1. The maximum absolute atomic E-state index is 6.04. The van der Waals surface area contributed by atoms with Gasteiger partial charge in [0.25, 0.3) is 0 Å². The monoisotopic (exact) mass is 394 g/mol. The Balaban J connectivity index is 2.14. The molecule has 0 bridgehead atoms. The van der Waals surface area contributed by atoms with Gasteiger partial charge in [0.05, 0.1) is 5.69 Å². The smallest absolute Gasteiger partial charge is 0.0656 e. The molecule has 0 spiro atoms. The van der Waals surface area contributed by atoms with Crippen molar-refractivity contribution in [3.8, 4) is 0 Å². The minimum absolute atomic E-state index is 0.534. The van der Waals surface area contributed by atoms with Crippen LogP contribution in [0.15, 0.2) is 21.1 Å². The number of rotatable bonds is 3. The summed E-state index contributed by atoms with van der Waals surface area (Å²) in [4.78, 5) is 2.39. The molecule has 5 heteroatoms. The minimum atomic E-state index is 0.534. The van der Waals surface area contributed by atoms with Crippen molar-refractivity contribution < 1.29 is 0 Å². The minimum Gasteiger partial charge on any atom is -0.368 e. The van der Waals surface area contributed by atoms with E-state index in [0.717, 1.165) is 27.1 Å². The molecule has 1 heterocycles. The summed E-state index contributed by atoms with van der Waals surface area (Å²) < 4.78 is 2.10. The average molecular weight is 397 g/mol. The molecule has 1 unspecified atom stereocenters. The predicted molar refractivity (Wildman–Crippen MR) is 85.7 cm³/mol. The lowest BCUT2D eigenvalue weighted by Gasteiger charge is -2.23. The van der Waals surface area contributed by atoms with E-state index in [1.165, 1.54) is 12.1 Å². The summed E-state index contributed by atoms with van der Waals surface area (Å²) in [5.74, 6) is 0. The molecular weight excluding hydrogens is 379 g/mol. The number of nitrogens with zero attached hydrogens (tertiary/aromatic N) is 1. The van der Waals surface area contributed by atoms with Crippen molar-refractivity contribution in [3.05, 3.63) is 26.1 Å². The Morgan fingerprint density at radius 3 is 2.50 bits per heavy atom. The molecule has 1 atom stereocenters. The van der Waals surface area contributed by atoms with Crippen LogP contribution < -0.4 is 10.2 Å². The molecule has 100 valence electrons. The van der Waals surface area contributed by atoms with E-state index in [-0.39, 0.29) is 0 Å². The van der Waals surface area contributed by atoms with Crippen LogP contribution in [0.3, 0.4) is 0 Å². The summed E-state index contributed by atoms with van der Waals surface area (Å²) in [5.41, 5.74) is 1.20. The van der Waals surface area contributed by atoms with Gasteiger partial charge in [-0.2, -0.15) is 0 Å². The molecule has 0 aromatic heterocycles. The average Bonchev–Trinajstić information content (AvgIpc) is 2.63. The zero-order chi connectivity index (χ0) is 13.3. The predicted octanol–water partition coefficient (Wildman–Crippen LogP) is 4.44. The van der Waals surface area contributed by atoms with Crippen molar-refractivity contribution in [3.63, 3.8) is 0 Å². The third kappa shape index (κ3) is 3.41. The van der Waals surface area contributed by atoms with E-state index in [1.807, 2.05) is 12.1 Å². The van der Waals surface area contributed by atoms with Crippen molar-refractivity contribution in [2.45, 2.75) is 32.4 Å². The van der Waals surface area contributed by atoms with E-state index in [4.69, 9.17) is 11.6 Å². The van der Waals surface area contributed by atoms with Gasteiger partial charge in [-0.15, -0.1) is 0 Å². The zero-order valence-corrected chi connectivity index (χ0v) is 14.4. The normalized spacial score (nSPS) is 19.9. The van der Waals surface area contributed by atoms with Crippen LogP contribution in [0.1, 0.15) is 20.3 Å². The number of anilines is 1. The lowest BCUT2D eigenvalue weighted by molar-refractivity contribution is 0.492. The van der Waals surface area contributed by atoms with Gasteiger partial charge in [0, 0.05) is 39.1 Å². The summed E-state index contributed by atoms with van der Waals surface area (Å²) in [7, 11) is 0. The first-order valence-corrected chi connectivity index (χ1v) is 8.09. The Morgan fingerprint density at radius 1 is 1.33 bits per heavy atom. The summed E-state index contributed by atoms with van der Waals surface area (Å²) in [6.07, 6.45) is 1.18. The van der Waals surface area contributed by atoms with Gasteiger partial charge in [0.1, 0.15) is 0 Å². The van der Waals surface area contributed by atoms with Crippen molar-refractivity contribution in [2.24, 2.45) is 0 Å². The first kappa shape index (κ1) is 14.6. The highest BCUT2D eigenvalue weighted by Crippen LogP contribution is 2.38. The van der Waals surface area contributed by atoms with Crippen LogP contribution in [0.2, 0.25) is 5.02 Å². The summed E-state index contributed by atoms with van der Waals surface area (Å²) in [6.45, 7) is 6.49. The van der Waals surface area contributed by atoms with Crippen LogP contribution >= 0.6 is 43.5 Å². The second kappa shape index (κ2) is 6.12. The fraction of sp³-hybridized carbons (Fsp3) is 0.538. The molecule has 1 N–H and O–H groups in total. The van der Waals surface area contributed by atoms with Gasteiger partial charge in [0.2, 0.25) is 0 Å². The maximum atomic E-state index is 6.04. The van der Waals surface area contributed by atoms with E-state index in [2.05, 4.69) is 55.9 Å². The third-order valence-corrected chi connectivity index (χ3v) is 4.48. The molecule has 2 nitrogen and oxygen atoms in total. The van der Waals surface area contributed by atoms with Gasteiger partial charge < -0.3 is 10.2 Å². The number of hydrogen-bond acceptors (Lipinski definition) is 2. The Kier molecular flexibility index (Phi) is 4.98. The van der Waals surface area contributed by atoms with E-state index in [0.29, 0.717) is 12.1 Å². The molecule has 1 aromatic rings. The van der Waals surface area contributed by atoms with Crippen LogP contribution in [-0.2, 0) is 0 Å². The van der Waals surface area contributed by atoms with Crippen molar-refractivity contribution in [1.29, 1.82) is 0 Å². The summed E-state index contributed by atoms with van der Waals surface area (Å²) in [6, 6.07) is 5.00. The first-order valence-electron chi connectivity index (χ1n) is 6.13. The van der Waals surface area contributed by atoms with Crippen molar-refractivity contribution in [2.75, 3.05) is 18.0 Å². The second-order valence-corrected chi connectivity index (χ2v) is 7.12. The van der Waals surface area contributed by atoms with Crippen molar-refractivity contribution >= 4 is 49.1 Å². The fourth-order valence-corrected chi connectivity index (χ4v) is 4.58.